The van der Waals surface area contributed by atoms with E-state index in [-0.39, 0.29) is 0 Å². The molecule has 0 atom stereocenters. The molecule has 0 heterocycles. The van der Waals surface area contributed by atoms with Crippen LogP contribution in [0.5, 0.6) is 5.75 Å². The summed E-state index contributed by atoms with van der Waals surface area (Å²) in [4.78, 5) is 14.4. The molecule has 3 heteroatoms. The number of rotatable bonds is 3. The lowest BCUT2D eigenvalue weighted by Gasteiger charge is -2.03. The zero-order chi connectivity index (χ0) is 9.68. The zero-order valence-electron chi connectivity index (χ0n) is 7.65. The fraction of sp³-hybridized carbons (Fsp3) is 0.200. The van der Waals surface area contributed by atoms with Gasteiger partial charge < -0.3 is 4.74 Å². The molecule has 13 heavy (non-hydrogen) atoms. The van der Waals surface area contributed by atoms with Crippen LogP contribution < -0.4 is 4.74 Å². The van der Waals surface area contributed by atoms with Gasteiger partial charge in [0.05, 0.1) is 12.7 Å². The second-order valence-electron chi connectivity index (χ2n) is 2.51. The quantitative estimate of drug-likeness (QED) is 0.519. The van der Waals surface area contributed by atoms with Crippen molar-refractivity contribution in [3.8, 4) is 5.75 Å². The summed E-state index contributed by atoms with van der Waals surface area (Å²) < 4.78 is 5.03. The van der Waals surface area contributed by atoms with Crippen molar-refractivity contribution in [1.82, 2.24) is 0 Å². The van der Waals surface area contributed by atoms with E-state index in [1.54, 1.807) is 25.4 Å². The van der Waals surface area contributed by atoms with Gasteiger partial charge in [-0.05, 0) is 17.7 Å². The van der Waals surface area contributed by atoms with Crippen molar-refractivity contribution in [2.75, 3.05) is 14.2 Å². The van der Waals surface area contributed by atoms with Gasteiger partial charge in [0.15, 0.2) is 6.29 Å². The molecule has 0 amide bonds. The van der Waals surface area contributed by atoms with Crippen LogP contribution in [-0.4, -0.2) is 26.7 Å². The van der Waals surface area contributed by atoms with E-state index in [0.717, 1.165) is 11.8 Å². The second-order valence-corrected chi connectivity index (χ2v) is 2.51. The van der Waals surface area contributed by atoms with Gasteiger partial charge in [0.2, 0.25) is 0 Å². The van der Waals surface area contributed by atoms with Gasteiger partial charge in [0.25, 0.3) is 0 Å². The summed E-state index contributed by atoms with van der Waals surface area (Å²) in [5.41, 5.74) is 1.47. The number of aliphatic imine (C=N–C) groups is 1. The molecule has 0 aliphatic heterocycles. The van der Waals surface area contributed by atoms with E-state index in [0.29, 0.717) is 11.3 Å². The molecule has 0 aliphatic rings. The molecule has 1 aromatic carbocycles. The lowest BCUT2D eigenvalue weighted by Crippen LogP contribution is -1.92. The SMILES string of the molecule is C/N=C/c1ccc(C=O)c(OC)c1. The lowest BCUT2D eigenvalue weighted by molar-refractivity contribution is 0.112. The predicted octanol–water partition coefficient (Wildman–Crippen LogP) is 1.56. The van der Waals surface area contributed by atoms with Gasteiger partial charge in [0, 0.05) is 13.3 Å². The molecule has 0 saturated carbocycles. The van der Waals surface area contributed by atoms with E-state index in [1.807, 2.05) is 6.07 Å². The summed E-state index contributed by atoms with van der Waals surface area (Å²) in [6.45, 7) is 0. The van der Waals surface area contributed by atoms with Crippen molar-refractivity contribution in [2.45, 2.75) is 0 Å². The summed E-state index contributed by atoms with van der Waals surface area (Å²) in [6.07, 6.45) is 2.48. The fourth-order valence-electron chi connectivity index (χ4n) is 1.05. The molecule has 0 unspecified atom stereocenters. The van der Waals surface area contributed by atoms with Crippen molar-refractivity contribution in [3.63, 3.8) is 0 Å². The predicted molar refractivity (Wildman–Crippen MR) is 51.9 cm³/mol. The van der Waals surface area contributed by atoms with Gasteiger partial charge in [0.1, 0.15) is 5.75 Å². The van der Waals surface area contributed by atoms with Gasteiger partial charge in [-0.1, -0.05) is 6.07 Å². The molecule has 0 fully saturated rings. The summed E-state index contributed by atoms with van der Waals surface area (Å²) in [7, 11) is 3.23. The van der Waals surface area contributed by atoms with E-state index in [2.05, 4.69) is 4.99 Å². The number of aldehydes is 1. The van der Waals surface area contributed by atoms with Gasteiger partial charge >= 0.3 is 0 Å². The monoisotopic (exact) mass is 177 g/mol. The van der Waals surface area contributed by atoms with E-state index in [9.17, 15) is 4.79 Å². The van der Waals surface area contributed by atoms with Crippen molar-refractivity contribution in [1.29, 1.82) is 0 Å². The molecule has 0 saturated heterocycles. The Hall–Kier alpha value is -1.64. The molecule has 1 aromatic rings. The Morgan fingerprint density at radius 3 is 2.77 bits per heavy atom. The first-order chi connectivity index (χ1) is 6.31. The highest BCUT2D eigenvalue weighted by atomic mass is 16.5. The van der Waals surface area contributed by atoms with Crippen LogP contribution in [0.15, 0.2) is 23.2 Å². The number of nitrogens with zero attached hydrogens (tertiary/aromatic N) is 1. The molecule has 0 N–H and O–H groups in total. The molecular formula is C10H11NO2. The topological polar surface area (TPSA) is 38.7 Å². The third kappa shape index (κ3) is 2.15. The van der Waals surface area contributed by atoms with Crippen LogP contribution in [0.1, 0.15) is 15.9 Å². The standard InChI is InChI=1S/C10H11NO2/c1-11-6-8-3-4-9(7-12)10(5-8)13-2/h3-7H,1-2H3/b11-6+. The highest BCUT2D eigenvalue weighted by Gasteiger charge is 2.01. The van der Waals surface area contributed by atoms with Crippen LogP contribution in [0.4, 0.5) is 0 Å². The van der Waals surface area contributed by atoms with Gasteiger partial charge in [-0.3, -0.25) is 9.79 Å². The number of hydrogen-bond donors (Lipinski definition) is 0. The molecule has 0 aromatic heterocycles. The Balaban J connectivity index is 3.12. The Morgan fingerprint density at radius 2 is 2.23 bits per heavy atom. The molecule has 3 nitrogen and oxygen atoms in total. The molecule has 0 aliphatic carbocycles. The maximum absolute atomic E-state index is 10.5. The molecule has 0 bridgehead atoms. The Bertz CT molecular complexity index is 332. The van der Waals surface area contributed by atoms with E-state index in [1.165, 1.54) is 7.11 Å². The number of benzene rings is 1. The Labute approximate surface area is 77.1 Å². The van der Waals surface area contributed by atoms with Gasteiger partial charge in [-0.15, -0.1) is 0 Å². The number of carbonyl (C=O) groups excluding carboxylic acids is 1. The van der Waals surface area contributed by atoms with Crippen LogP contribution >= 0.6 is 0 Å². The van der Waals surface area contributed by atoms with Crippen molar-refractivity contribution in [3.05, 3.63) is 29.3 Å². The highest BCUT2D eigenvalue weighted by Crippen LogP contribution is 2.17. The summed E-state index contributed by atoms with van der Waals surface area (Å²) in [5, 5.41) is 0. The first kappa shape index (κ1) is 9.45. The summed E-state index contributed by atoms with van der Waals surface area (Å²) in [5.74, 6) is 0.576. The molecule has 68 valence electrons. The number of methoxy groups -OCH3 is 1. The lowest BCUT2D eigenvalue weighted by atomic mass is 10.1. The van der Waals surface area contributed by atoms with E-state index < -0.39 is 0 Å². The number of hydrogen-bond acceptors (Lipinski definition) is 3. The number of ether oxygens (including phenoxy) is 1. The first-order valence-corrected chi connectivity index (χ1v) is 3.87. The molecule has 0 spiro atoms. The van der Waals surface area contributed by atoms with Crippen LogP contribution in [0.2, 0.25) is 0 Å². The van der Waals surface area contributed by atoms with Crippen molar-refractivity contribution < 1.29 is 9.53 Å². The normalized spacial score (nSPS) is 10.3. The van der Waals surface area contributed by atoms with Gasteiger partial charge in [-0.2, -0.15) is 0 Å². The Morgan fingerprint density at radius 1 is 1.46 bits per heavy atom. The van der Waals surface area contributed by atoms with E-state index in [4.69, 9.17) is 4.74 Å². The zero-order valence-corrected chi connectivity index (χ0v) is 7.65. The van der Waals surface area contributed by atoms with E-state index >= 15 is 0 Å². The Kier molecular flexibility index (Phi) is 3.20. The minimum atomic E-state index is 0.552. The minimum absolute atomic E-state index is 0.552. The first-order valence-electron chi connectivity index (χ1n) is 3.87. The average Bonchev–Trinajstić information content (AvgIpc) is 2.18. The van der Waals surface area contributed by atoms with Crippen LogP contribution in [0.25, 0.3) is 0 Å². The average molecular weight is 177 g/mol. The van der Waals surface area contributed by atoms with Crippen LogP contribution in [-0.2, 0) is 0 Å². The smallest absolute Gasteiger partial charge is 0.153 e. The van der Waals surface area contributed by atoms with Crippen molar-refractivity contribution in [2.24, 2.45) is 4.99 Å². The second kappa shape index (κ2) is 4.40. The molecular weight excluding hydrogens is 166 g/mol. The minimum Gasteiger partial charge on any atom is -0.496 e. The summed E-state index contributed by atoms with van der Waals surface area (Å²) in [6, 6.07) is 5.30. The maximum Gasteiger partial charge on any atom is 0.153 e. The third-order valence-electron chi connectivity index (χ3n) is 1.66. The fourth-order valence-corrected chi connectivity index (χ4v) is 1.05. The number of carbonyl (C=O) groups is 1. The highest BCUT2D eigenvalue weighted by molar-refractivity contribution is 5.85. The molecule has 0 radical (unpaired) electrons. The maximum atomic E-state index is 10.5. The van der Waals surface area contributed by atoms with Crippen LogP contribution in [0.3, 0.4) is 0 Å². The summed E-state index contributed by atoms with van der Waals surface area (Å²) >= 11 is 0. The van der Waals surface area contributed by atoms with Crippen molar-refractivity contribution >= 4 is 12.5 Å². The molecule has 1 rings (SSSR count). The largest absolute Gasteiger partial charge is 0.496 e. The third-order valence-corrected chi connectivity index (χ3v) is 1.66. The van der Waals surface area contributed by atoms with Crippen LogP contribution in [0, 0.1) is 0 Å². The van der Waals surface area contributed by atoms with Gasteiger partial charge in [-0.25, -0.2) is 0 Å².